The minimum atomic E-state index is 1.04. The molecule has 0 saturated heterocycles. The number of allylic oxidation sites excluding steroid dienone is 1. The Labute approximate surface area is 171 Å². The van der Waals surface area contributed by atoms with Crippen LogP contribution in [0, 0.1) is 0 Å². The number of benzene rings is 3. The number of aryl methyl sites for hydroxylation is 1. The zero-order valence-corrected chi connectivity index (χ0v) is 16.5. The molecule has 142 valence electrons. The third-order valence-electron chi connectivity index (χ3n) is 5.54. The molecule has 1 heterocycles. The number of hydrazone groups is 1. The maximum absolute atomic E-state index is 4.84. The summed E-state index contributed by atoms with van der Waals surface area (Å²) in [6.07, 6.45) is 8.72. The first-order valence-corrected chi connectivity index (χ1v) is 10.0. The van der Waals surface area contributed by atoms with Gasteiger partial charge in [-0.2, -0.15) is 5.10 Å². The molecule has 0 unspecified atom stereocenters. The first-order chi connectivity index (χ1) is 14.3. The van der Waals surface area contributed by atoms with Crippen molar-refractivity contribution in [1.82, 2.24) is 4.57 Å². The van der Waals surface area contributed by atoms with E-state index in [4.69, 9.17) is 5.10 Å². The van der Waals surface area contributed by atoms with E-state index in [1.807, 2.05) is 47.6 Å². The Morgan fingerprint density at radius 3 is 2.28 bits per heavy atom. The van der Waals surface area contributed by atoms with Gasteiger partial charge in [0, 0.05) is 29.2 Å². The van der Waals surface area contributed by atoms with Gasteiger partial charge in [-0.1, -0.05) is 54.6 Å². The Hall–Kier alpha value is -3.59. The summed E-state index contributed by atoms with van der Waals surface area (Å²) >= 11 is 0. The fourth-order valence-electron chi connectivity index (χ4n) is 4.08. The molecule has 0 spiro atoms. The molecule has 29 heavy (non-hydrogen) atoms. The predicted octanol–water partition coefficient (Wildman–Crippen LogP) is 6.31. The van der Waals surface area contributed by atoms with Gasteiger partial charge in [0.1, 0.15) is 0 Å². The monoisotopic (exact) mass is 377 g/mol. The normalized spacial score (nSPS) is 13.1. The van der Waals surface area contributed by atoms with Gasteiger partial charge >= 0.3 is 0 Å². The van der Waals surface area contributed by atoms with Crippen molar-refractivity contribution in [3.05, 3.63) is 102 Å². The maximum Gasteiger partial charge on any atom is 0.0652 e. The summed E-state index contributed by atoms with van der Waals surface area (Å²) in [5.74, 6) is 0. The van der Waals surface area contributed by atoms with Gasteiger partial charge in [-0.05, 0) is 54.8 Å². The highest BCUT2D eigenvalue weighted by atomic mass is 15.5. The fraction of sp³-hybridized carbons (Fsp3) is 0.115. The lowest BCUT2D eigenvalue weighted by Gasteiger charge is -2.19. The Morgan fingerprint density at radius 2 is 1.59 bits per heavy atom. The van der Waals surface area contributed by atoms with Crippen LogP contribution < -0.4 is 5.01 Å². The van der Waals surface area contributed by atoms with Gasteiger partial charge in [0.2, 0.25) is 0 Å². The predicted molar refractivity (Wildman–Crippen MR) is 123 cm³/mol. The molecule has 1 aromatic heterocycles. The van der Waals surface area contributed by atoms with Crippen LogP contribution in [0.5, 0.6) is 0 Å². The summed E-state index contributed by atoms with van der Waals surface area (Å²) in [5.41, 5.74) is 7.23. The number of para-hydroxylation sites is 2. The van der Waals surface area contributed by atoms with Crippen LogP contribution in [0.1, 0.15) is 23.2 Å². The van der Waals surface area contributed by atoms with Crippen molar-refractivity contribution < 1.29 is 0 Å². The molecule has 3 nitrogen and oxygen atoms in total. The number of aromatic nitrogens is 1. The van der Waals surface area contributed by atoms with Gasteiger partial charge in [-0.15, -0.1) is 0 Å². The van der Waals surface area contributed by atoms with Gasteiger partial charge in [-0.3, -0.25) is 0 Å². The van der Waals surface area contributed by atoms with Crippen LogP contribution in [0.15, 0.2) is 90.0 Å². The lowest BCUT2D eigenvalue weighted by molar-refractivity contribution is 0.824. The highest BCUT2D eigenvalue weighted by Crippen LogP contribution is 2.31. The van der Waals surface area contributed by atoms with Gasteiger partial charge < -0.3 is 4.57 Å². The van der Waals surface area contributed by atoms with Crippen molar-refractivity contribution in [2.24, 2.45) is 12.1 Å². The molecular weight excluding hydrogens is 354 g/mol. The summed E-state index contributed by atoms with van der Waals surface area (Å²) < 4.78 is 2.33. The SMILES string of the molecule is Cn1c2c(c3cc(/C=N/N(c4ccccc4)c4ccccc4)ccc31)C=CCC2. The van der Waals surface area contributed by atoms with Crippen LogP contribution in [-0.2, 0) is 13.5 Å². The lowest BCUT2D eigenvalue weighted by atomic mass is 10.0. The summed E-state index contributed by atoms with van der Waals surface area (Å²) in [4.78, 5) is 0. The smallest absolute Gasteiger partial charge is 0.0652 e. The van der Waals surface area contributed by atoms with E-state index in [9.17, 15) is 0 Å². The number of nitrogens with zero attached hydrogens (tertiary/aromatic N) is 3. The quantitative estimate of drug-likeness (QED) is 0.301. The third-order valence-corrected chi connectivity index (χ3v) is 5.54. The number of hydrogen-bond acceptors (Lipinski definition) is 2. The molecule has 0 N–H and O–H groups in total. The van der Waals surface area contributed by atoms with Crippen molar-refractivity contribution in [3.63, 3.8) is 0 Å². The summed E-state index contributed by atoms with van der Waals surface area (Å²) in [5, 5.41) is 8.12. The molecule has 0 radical (unpaired) electrons. The van der Waals surface area contributed by atoms with E-state index in [0.717, 1.165) is 29.8 Å². The molecule has 0 amide bonds. The van der Waals surface area contributed by atoms with E-state index < -0.39 is 0 Å². The molecule has 0 aliphatic heterocycles. The lowest BCUT2D eigenvalue weighted by Crippen LogP contribution is -2.09. The van der Waals surface area contributed by atoms with Crippen LogP contribution in [-0.4, -0.2) is 10.8 Å². The molecule has 3 heteroatoms. The molecule has 1 aliphatic carbocycles. The van der Waals surface area contributed by atoms with E-state index in [0.29, 0.717) is 0 Å². The van der Waals surface area contributed by atoms with E-state index in [-0.39, 0.29) is 0 Å². The van der Waals surface area contributed by atoms with Gasteiger partial charge in [0.05, 0.1) is 17.6 Å². The highest BCUT2D eigenvalue weighted by Gasteiger charge is 2.15. The van der Waals surface area contributed by atoms with Crippen LogP contribution in [0.4, 0.5) is 11.4 Å². The second-order valence-electron chi connectivity index (χ2n) is 7.36. The van der Waals surface area contributed by atoms with Gasteiger partial charge in [0.15, 0.2) is 0 Å². The van der Waals surface area contributed by atoms with Crippen LogP contribution in [0.25, 0.3) is 17.0 Å². The van der Waals surface area contributed by atoms with Crippen molar-refractivity contribution in [1.29, 1.82) is 0 Å². The second-order valence-corrected chi connectivity index (χ2v) is 7.36. The Kier molecular flexibility index (Phi) is 4.49. The maximum atomic E-state index is 4.84. The summed E-state index contributed by atoms with van der Waals surface area (Å²) in [6.45, 7) is 0. The number of fused-ring (bicyclic) bond motifs is 3. The minimum Gasteiger partial charge on any atom is -0.347 e. The van der Waals surface area contributed by atoms with E-state index in [2.05, 4.69) is 66.2 Å². The van der Waals surface area contributed by atoms with E-state index in [1.54, 1.807) is 0 Å². The Bertz CT molecular complexity index is 1160. The van der Waals surface area contributed by atoms with Crippen LogP contribution in [0.3, 0.4) is 0 Å². The standard InChI is InChI=1S/C26H23N3/c1-28-25-15-9-8-14-23(25)24-18-20(16-17-26(24)28)19-27-29(21-10-4-2-5-11-21)22-12-6-3-7-13-22/h2-8,10-14,16-19H,9,15H2,1H3/b27-19+. The molecule has 0 bridgehead atoms. The summed E-state index contributed by atoms with van der Waals surface area (Å²) in [6, 6.07) is 27.1. The van der Waals surface area contributed by atoms with Crippen LogP contribution >= 0.6 is 0 Å². The molecule has 4 aromatic rings. The summed E-state index contributed by atoms with van der Waals surface area (Å²) in [7, 11) is 2.17. The van der Waals surface area contributed by atoms with E-state index in [1.165, 1.54) is 22.2 Å². The van der Waals surface area contributed by atoms with Crippen molar-refractivity contribution in [3.8, 4) is 0 Å². The average Bonchev–Trinajstić information content (AvgIpc) is 3.07. The molecule has 3 aromatic carbocycles. The first kappa shape index (κ1) is 17.5. The molecule has 0 saturated carbocycles. The zero-order valence-electron chi connectivity index (χ0n) is 16.5. The van der Waals surface area contributed by atoms with Gasteiger partial charge in [-0.25, -0.2) is 5.01 Å². The zero-order chi connectivity index (χ0) is 19.6. The molecule has 0 fully saturated rings. The largest absolute Gasteiger partial charge is 0.347 e. The average molecular weight is 377 g/mol. The topological polar surface area (TPSA) is 20.5 Å². The Balaban J connectivity index is 1.55. The van der Waals surface area contributed by atoms with E-state index >= 15 is 0 Å². The third kappa shape index (κ3) is 3.25. The van der Waals surface area contributed by atoms with Crippen molar-refractivity contribution >= 4 is 34.6 Å². The molecule has 0 atom stereocenters. The number of hydrogen-bond donors (Lipinski definition) is 0. The molecule has 1 aliphatic rings. The number of rotatable bonds is 4. The Morgan fingerprint density at radius 1 is 0.897 bits per heavy atom. The first-order valence-electron chi connectivity index (χ1n) is 10.0. The highest BCUT2D eigenvalue weighted by molar-refractivity contribution is 5.96. The van der Waals surface area contributed by atoms with Crippen molar-refractivity contribution in [2.45, 2.75) is 12.8 Å². The second kappa shape index (κ2) is 7.44. The molecular formula is C26H23N3. The van der Waals surface area contributed by atoms with Crippen molar-refractivity contribution in [2.75, 3.05) is 5.01 Å². The van der Waals surface area contributed by atoms with Crippen LogP contribution in [0.2, 0.25) is 0 Å². The minimum absolute atomic E-state index is 1.04. The number of anilines is 2. The fourth-order valence-corrected chi connectivity index (χ4v) is 4.08. The van der Waals surface area contributed by atoms with Gasteiger partial charge in [0.25, 0.3) is 0 Å². The molecule has 5 rings (SSSR count).